The van der Waals surface area contributed by atoms with Crippen molar-refractivity contribution in [3.63, 3.8) is 0 Å². The van der Waals surface area contributed by atoms with Gasteiger partial charge in [0.15, 0.2) is 0 Å². The number of carbonyl (C=O) groups excluding carboxylic acids is 3. The number of carboxylic acids is 1. The van der Waals surface area contributed by atoms with Gasteiger partial charge in [-0.05, 0) is 48.9 Å². The van der Waals surface area contributed by atoms with Gasteiger partial charge in [0.05, 0.1) is 0 Å². The van der Waals surface area contributed by atoms with Crippen LogP contribution in [-0.4, -0.2) is 41.1 Å². The number of ether oxygens (including phenoxy) is 1. The zero-order valence-electron chi connectivity index (χ0n) is 22.6. The maximum Gasteiger partial charge on any atom is 0.408 e. The molecule has 0 aliphatic rings. The molecule has 0 radical (unpaired) electrons. The van der Waals surface area contributed by atoms with E-state index in [1.807, 2.05) is 32.0 Å². The van der Waals surface area contributed by atoms with Gasteiger partial charge in [-0.3, -0.25) is 14.4 Å². The highest BCUT2D eigenvalue weighted by molar-refractivity contribution is 5.99. The molecule has 3 amide bonds. The van der Waals surface area contributed by atoms with Gasteiger partial charge in [0.25, 0.3) is 0 Å². The normalized spacial score (nSPS) is 12.4. The molecule has 40 heavy (non-hydrogen) atoms. The van der Waals surface area contributed by atoms with E-state index in [4.69, 9.17) is 9.15 Å². The van der Waals surface area contributed by atoms with E-state index in [-0.39, 0.29) is 37.4 Å². The average molecular weight is 552 g/mol. The molecule has 2 atom stereocenters. The van der Waals surface area contributed by atoms with Crippen LogP contribution in [0.4, 0.5) is 10.5 Å². The molecule has 1 aromatic heterocycles. The van der Waals surface area contributed by atoms with E-state index in [1.165, 1.54) is 12.1 Å². The molecule has 1 heterocycles. The minimum absolute atomic E-state index is 0.00665. The van der Waals surface area contributed by atoms with Crippen molar-refractivity contribution in [1.29, 1.82) is 0 Å². The van der Waals surface area contributed by atoms with Crippen LogP contribution in [0.1, 0.15) is 44.2 Å². The molecule has 2 aromatic carbocycles. The maximum absolute atomic E-state index is 13.2. The van der Waals surface area contributed by atoms with E-state index in [0.717, 1.165) is 5.56 Å². The second kappa shape index (κ2) is 13.9. The minimum atomic E-state index is -1.22. The standard InChI is InChI=1S/C29H33N3O8/c1-17(2)13-23(32-29(38)39-16-19-7-5-4-6-8-19)28(37)31-22(11-12-25(33)34)27(36)30-20-9-10-21-18(3)14-26(35)40-24(21)15-20/h4-10,14-15,17,22-23H,11-13,16H2,1-3H3,(H,30,36)(H,31,37)(H,32,38)(H,33,34)/t22-,23-/m0/s1. The molecule has 4 N–H and O–H groups in total. The average Bonchev–Trinajstić information content (AvgIpc) is 2.89. The van der Waals surface area contributed by atoms with Gasteiger partial charge in [0.1, 0.15) is 24.3 Å². The zero-order valence-corrected chi connectivity index (χ0v) is 22.6. The number of aryl methyl sites for hydroxylation is 1. The monoisotopic (exact) mass is 551 g/mol. The predicted octanol–water partition coefficient (Wildman–Crippen LogP) is 3.73. The van der Waals surface area contributed by atoms with Crippen molar-refractivity contribution in [2.24, 2.45) is 5.92 Å². The first kappa shape index (κ1) is 29.9. The molecule has 0 aliphatic carbocycles. The third kappa shape index (κ3) is 8.97. The van der Waals surface area contributed by atoms with Crippen LogP contribution < -0.4 is 21.6 Å². The number of anilines is 1. The largest absolute Gasteiger partial charge is 0.481 e. The van der Waals surface area contributed by atoms with Gasteiger partial charge in [0, 0.05) is 29.6 Å². The van der Waals surface area contributed by atoms with Gasteiger partial charge in [-0.2, -0.15) is 0 Å². The molecule has 11 heteroatoms. The number of aliphatic carboxylic acids is 1. The fourth-order valence-electron chi connectivity index (χ4n) is 4.05. The van der Waals surface area contributed by atoms with Crippen molar-refractivity contribution in [2.45, 2.75) is 58.7 Å². The van der Waals surface area contributed by atoms with Crippen molar-refractivity contribution < 1.29 is 33.4 Å². The van der Waals surface area contributed by atoms with Crippen molar-refractivity contribution in [3.05, 3.63) is 76.1 Å². The molecule has 0 saturated heterocycles. The van der Waals surface area contributed by atoms with Crippen LogP contribution in [0.5, 0.6) is 0 Å². The molecule has 3 aromatic rings. The van der Waals surface area contributed by atoms with E-state index < -0.39 is 41.6 Å². The molecular formula is C29H33N3O8. The van der Waals surface area contributed by atoms with Gasteiger partial charge in [0.2, 0.25) is 11.8 Å². The van der Waals surface area contributed by atoms with Crippen LogP contribution in [0.25, 0.3) is 11.0 Å². The SMILES string of the molecule is Cc1cc(=O)oc2cc(NC(=O)[C@H](CCC(=O)O)NC(=O)[C@H](CC(C)C)NC(=O)OCc3ccccc3)ccc12. The third-order valence-electron chi connectivity index (χ3n) is 6.03. The van der Waals surface area contributed by atoms with Crippen LogP contribution in [0.3, 0.4) is 0 Å². The predicted molar refractivity (Wildman–Crippen MR) is 148 cm³/mol. The van der Waals surface area contributed by atoms with E-state index in [0.29, 0.717) is 16.6 Å². The van der Waals surface area contributed by atoms with Crippen LogP contribution in [-0.2, 0) is 25.7 Å². The summed E-state index contributed by atoms with van der Waals surface area (Å²) in [7, 11) is 0. The lowest BCUT2D eigenvalue weighted by molar-refractivity contribution is -0.137. The van der Waals surface area contributed by atoms with Crippen molar-refractivity contribution in [1.82, 2.24) is 10.6 Å². The molecule has 0 aliphatic heterocycles. The number of benzene rings is 2. The number of hydrogen-bond acceptors (Lipinski definition) is 7. The van der Waals surface area contributed by atoms with E-state index >= 15 is 0 Å². The summed E-state index contributed by atoms with van der Waals surface area (Å²) >= 11 is 0. The Morgan fingerprint density at radius 1 is 0.950 bits per heavy atom. The van der Waals surface area contributed by atoms with Gasteiger partial charge < -0.3 is 30.2 Å². The number of alkyl carbamates (subject to hydrolysis) is 1. The van der Waals surface area contributed by atoms with Gasteiger partial charge in [-0.15, -0.1) is 0 Å². The number of carboxylic acid groups (broad SMARTS) is 1. The van der Waals surface area contributed by atoms with Crippen LogP contribution in [0, 0.1) is 12.8 Å². The van der Waals surface area contributed by atoms with E-state index in [2.05, 4.69) is 16.0 Å². The number of rotatable bonds is 12. The van der Waals surface area contributed by atoms with E-state index in [1.54, 1.807) is 31.2 Å². The molecule has 0 saturated carbocycles. The fraction of sp³-hybridized carbons (Fsp3) is 0.345. The Labute approximate surface area is 230 Å². The molecule has 11 nitrogen and oxygen atoms in total. The summed E-state index contributed by atoms with van der Waals surface area (Å²) in [6, 6.07) is 12.9. The van der Waals surface area contributed by atoms with Crippen LogP contribution in [0.15, 0.2) is 63.8 Å². The van der Waals surface area contributed by atoms with Gasteiger partial charge in [-0.1, -0.05) is 44.2 Å². The lowest BCUT2D eigenvalue weighted by atomic mass is 10.0. The first-order chi connectivity index (χ1) is 19.0. The molecule has 0 unspecified atom stereocenters. The Morgan fingerprint density at radius 2 is 1.68 bits per heavy atom. The summed E-state index contributed by atoms with van der Waals surface area (Å²) in [6.07, 6.45) is -1.13. The van der Waals surface area contributed by atoms with Crippen molar-refractivity contribution in [3.8, 4) is 0 Å². The molecule has 3 rings (SSSR count). The van der Waals surface area contributed by atoms with Gasteiger partial charge in [-0.25, -0.2) is 9.59 Å². The summed E-state index contributed by atoms with van der Waals surface area (Å²) in [6.45, 7) is 5.50. The van der Waals surface area contributed by atoms with Gasteiger partial charge >= 0.3 is 17.7 Å². The summed E-state index contributed by atoms with van der Waals surface area (Å²) in [5, 5.41) is 17.6. The first-order valence-electron chi connectivity index (χ1n) is 12.9. The van der Waals surface area contributed by atoms with E-state index in [9.17, 15) is 29.1 Å². The Kier molecular flexibility index (Phi) is 10.4. The fourth-order valence-corrected chi connectivity index (χ4v) is 4.05. The number of nitrogens with one attached hydrogen (secondary N) is 3. The smallest absolute Gasteiger partial charge is 0.408 e. The van der Waals surface area contributed by atoms with Crippen LogP contribution >= 0.6 is 0 Å². The topological polar surface area (TPSA) is 164 Å². The Bertz CT molecular complexity index is 1420. The summed E-state index contributed by atoms with van der Waals surface area (Å²) in [5.41, 5.74) is 1.51. The Balaban J connectivity index is 1.72. The highest BCUT2D eigenvalue weighted by Gasteiger charge is 2.28. The number of carbonyl (C=O) groups is 4. The van der Waals surface area contributed by atoms with Crippen molar-refractivity contribution in [2.75, 3.05) is 5.32 Å². The molecule has 0 spiro atoms. The number of fused-ring (bicyclic) bond motifs is 1. The lowest BCUT2D eigenvalue weighted by Gasteiger charge is -2.24. The van der Waals surface area contributed by atoms with Crippen molar-refractivity contribution >= 4 is 40.5 Å². The molecule has 0 bridgehead atoms. The highest BCUT2D eigenvalue weighted by atomic mass is 16.5. The Morgan fingerprint density at radius 3 is 2.35 bits per heavy atom. The second-order valence-electron chi connectivity index (χ2n) is 9.83. The maximum atomic E-state index is 13.2. The quantitative estimate of drug-likeness (QED) is 0.247. The molecule has 0 fully saturated rings. The second-order valence-corrected chi connectivity index (χ2v) is 9.83. The minimum Gasteiger partial charge on any atom is -0.481 e. The number of hydrogen-bond donors (Lipinski definition) is 4. The number of amides is 3. The summed E-state index contributed by atoms with van der Waals surface area (Å²) in [4.78, 5) is 61.8. The summed E-state index contributed by atoms with van der Waals surface area (Å²) < 4.78 is 10.5. The Hall–Kier alpha value is -4.67. The lowest BCUT2D eigenvalue weighted by Crippen LogP contribution is -2.53. The third-order valence-corrected chi connectivity index (χ3v) is 6.03. The highest BCUT2D eigenvalue weighted by Crippen LogP contribution is 2.21. The molecule has 212 valence electrons. The van der Waals surface area contributed by atoms with Crippen LogP contribution in [0.2, 0.25) is 0 Å². The first-order valence-corrected chi connectivity index (χ1v) is 12.9. The zero-order chi connectivity index (χ0) is 29.2. The summed E-state index contributed by atoms with van der Waals surface area (Å²) in [5.74, 6) is -2.46. The molecular weight excluding hydrogens is 518 g/mol.